The lowest BCUT2D eigenvalue weighted by atomic mass is 10.0. The van der Waals surface area contributed by atoms with Crippen LogP contribution in [0.2, 0.25) is 0 Å². The van der Waals surface area contributed by atoms with Gasteiger partial charge in [-0.3, -0.25) is 9.69 Å². The number of ketones is 1. The maximum atomic E-state index is 12.3. The van der Waals surface area contributed by atoms with Crippen molar-refractivity contribution in [3.05, 3.63) is 65.2 Å². The fraction of sp³-hybridized carbons (Fsp3) is 0.519. The van der Waals surface area contributed by atoms with E-state index >= 15 is 0 Å². The number of hydrogen-bond donors (Lipinski definition) is 0. The fourth-order valence-corrected chi connectivity index (χ4v) is 4.23. The van der Waals surface area contributed by atoms with E-state index in [1.807, 2.05) is 19.1 Å². The van der Waals surface area contributed by atoms with Crippen LogP contribution in [-0.2, 0) is 4.74 Å². The minimum Gasteiger partial charge on any atom is -0.372 e. The van der Waals surface area contributed by atoms with E-state index in [1.54, 1.807) is 0 Å². The van der Waals surface area contributed by atoms with Crippen molar-refractivity contribution < 1.29 is 9.53 Å². The number of ether oxygens (including phenoxy) is 1. The van der Waals surface area contributed by atoms with E-state index in [9.17, 15) is 4.79 Å². The normalized spacial score (nSPS) is 16.0. The van der Waals surface area contributed by atoms with Gasteiger partial charge in [-0.2, -0.15) is 0 Å². The Labute approximate surface area is 188 Å². The molecule has 1 unspecified atom stereocenters. The number of rotatable bonds is 10. The van der Waals surface area contributed by atoms with Gasteiger partial charge in [-0.1, -0.05) is 63.2 Å². The number of piperazine rings is 1. The van der Waals surface area contributed by atoms with E-state index in [-0.39, 0.29) is 11.9 Å². The van der Waals surface area contributed by atoms with Crippen LogP contribution in [0.5, 0.6) is 0 Å². The molecular weight excluding hydrogens is 384 g/mol. The summed E-state index contributed by atoms with van der Waals surface area (Å²) in [5.41, 5.74) is 4.44. The van der Waals surface area contributed by atoms with Gasteiger partial charge in [0, 0.05) is 57.0 Å². The van der Waals surface area contributed by atoms with Crippen LogP contribution in [0, 0.1) is 12.8 Å². The Morgan fingerprint density at radius 1 is 1.00 bits per heavy atom. The maximum Gasteiger partial charge on any atom is 0.162 e. The first kappa shape index (κ1) is 23.5. The van der Waals surface area contributed by atoms with Gasteiger partial charge in [0.25, 0.3) is 0 Å². The van der Waals surface area contributed by atoms with E-state index < -0.39 is 0 Å². The molecule has 0 aromatic heterocycles. The molecule has 0 N–H and O–H groups in total. The van der Waals surface area contributed by atoms with Gasteiger partial charge in [0.2, 0.25) is 0 Å². The summed E-state index contributed by atoms with van der Waals surface area (Å²) in [6.45, 7) is 14.2. The quantitative estimate of drug-likeness (QED) is 0.472. The third-order valence-electron chi connectivity index (χ3n) is 6.25. The molecule has 1 aliphatic heterocycles. The standard InChI is InChI=1S/C27H38N2O2/c1-5-26(30)24-12-9-13-25(22(24)4)29-17-15-28(16-18-29)20-27(31-19-14-21(2)3)23-10-7-6-8-11-23/h6-13,21,27H,5,14-20H2,1-4H3. The Morgan fingerprint density at radius 3 is 2.35 bits per heavy atom. The zero-order chi connectivity index (χ0) is 22.2. The monoisotopic (exact) mass is 422 g/mol. The molecule has 2 aromatic rings. The molecule has 168 valence electrons. The first-order valence-electron chi connectivity index (χ1n) is 11.8. The lowest BCUT2D eigenvalue weighted by Gasteiger charge is -2.38. The highest BCUT2D eigenvalue weighted by Gasteiger charge is 2.23. The maximum absolute atomic E-state index is 12.3. The van der Waals surface area contributed by atoms with Crippen molar-refractivity contribution in [1.29, 1.82) is 0 Å². The van der Waals surface area contributed by atoms with Crippen molar-refractivity contribution >= 4 is 11.5 Å². The average Bonchev–Trinajstić information content (AvgIpc) is 2.79. The summed E-state index contributed by atoms with van der Waals surface area (Å²) in [6, 6.07) is 16.7. The molecule has 0 aliphatic carbocycles. The van der Waals surface area contributed by atoms with Gasteiger partial charge in [-0.25, -0.2) is 0 Å². The fourth-order valence-electron chi connectivity index (χ4n) is 4.23. The highest BCUT2D eigenvalue weighted by Crippen LogP contribution is 2.26. The number of nitrogens with zero attached hydrogens (tertiary/aromatic N) is 2. The summed E-state index contributed by atoms with van der Waals surface area (Å²) in [5.74, 6) is 0.876. The van der Waals surface area contributed by atoms with Crippen molar-refractivity contribution in [2.75, 3.05) is 44.2 Å². The second-order valence-corrected chi connectivity index (χ2v) is 8.97. The van der Waals surface area contributed by atoms with Crippen LogP contribution in [-0.4, -0.2) is 50.0 Å². The number of carbonyl (C=O) groups is 1. The van der Waals surface area contributed by atoms with E-state index in [4.69, 9.17) is 4.74 Å². The highest BCUT2D eigenvalue weighted by atomic mass is 16.5. The van der Waals surface area contributed by atoms with E-state index in [1.165, 1.54) is 11.3 Å². The summed E-state index contributed by atoms with van der Waals surface area (Å²) in [7, 11) is 0. The largest absolute Gasteiger partial charge is 0.372 e. The summed E-state index contributed by atoms with van der Waals surface area (Å²) in [5, 5.41) is 0. The van der Waals surface area contributed by atoms with Crippen LogP contribution in [0.3, 0.4) is 0 Å². The third-order valence-corrected chi connectivity index (χ3v) is 6.25. The lowest BCUT2D eigenvalue weighted by Crippen LogP contribution is -2.48. The summed E-state index contributed by atoms with van der Waals surface area (Å²) >= 11 is 0. The second kappa shape index (κ2) is 11.4. The molecule has 2 aromatic carbocycles. The Bertz CT molecular complexity index is 826. The SMILES string of the molecule is CCC(=O)c1cccc(N2CCN(CC(OCCC(C)C)c3ccccc3)CC2)c1C. The molecule has 0 amide bonds. The van der Waals surface area contributed by atoms with Crippen molar-refractivity contribution in [2.24, 2.45) is 5.92 Å². The van der Waals surface area contributed by atoms with Gasteiger partial charge in [0.05, 0.1) is 6.10 Å². The van der Waals surface area contributed by atoms with Crippen molar-refractivity contribution in [3.8, 4) is 0 Å². The average molecular weight is 423 g/mol. The molecule has 0 radical (unpaired) electrons. The molecule has 0 bridgehead atoms. The first-order chi connectivity index (χ1) is 15.0. The number of Topliss-reactive ketones (excluding diaryl/α,β-unsaturated/α-hetero) is 1. The Morgan fingerprint density at radius 2 is 1.71 bits per heavy atom. The second-order valence-electron chi connectivity index (χ2n) is 8.97. The zero-order valence-corrected chi connectivity index (χ0v) is 19.6. The van der Waals surface area contributed by atoms with Crippen molar-refractivity contribution in [2.45, 2.75) is 46.6 Å². The lowest BCUT2D eigenvalue weighted by molar-refractivity contribution is 0.0184. The van der Waals surface area contributed by atoms with Crippen LogP contribution < -0.4 is 4.90 Å². The molecule has 3 rings (SSSR count). The minimum atomic E-state index is 0.110. The predicted octanol–water partition coefficient (Wildman–Crippen LogP) is 5.51. The van der Waals surface area contributed by atoms with Crippen LogP contribution in [0.4, 0.5) is 5.69 Å². The molecular formula is C27H38N2O2. The summed E-state index contributed by atoms with van der Waals surface area (Å²) in [6.07, 6.45) is 1.75. The Balaban J connectivity index is 1.62. The smallest absolute Gasteiger partial charge is 0.162 e. The molecule has 1 atom stereocenters. The Hall–Kier alpha value is -2.17. The Kier molecular flexibility index (Phi) is 8.68. The van der Waals surface area contributed by atoms with Crippen LogP contribution in [0.15, 0.2) is 48.5 Å². The molecule has 1 saturated heterocycles. The topological polar surface area (TPSA) is 32.8 Å². The third kappa shape index (κ3) is 6.41. The van der Waals surface area contributed by atoms with Gasteiger partial charge in [-0.15, -0.1) is 0 Å². The molecule has 0 saturated carbocycles. The number of benzene rings is 2. The van der Waals surface area contributed by atoms with Crippen molar-refractivity contribution in [1.82, 2.24) is 4.90 Å². The zero-order valence-electron chi connectivity index (χ0n) is 19.6. The van der Waals surface area contributed by atoms with Gasteiger partial charge < -0.3 is 9.64 Å². The van der Waals surface area contributed by atoms with Crippen LogP contribution in [0.1, 0.15) is 61.2 Å². The number of hydrogen-bond acceptors (Lipinski definition) is 4. The number of carbonyl (C=O) groups excluding carboxylic acids is 1. The highest BCUT2D eigenvalue weighted by molar-refractivity contribution is 5.98. The first-order valence-corrected chi connectivity index (χ1v) is 11.8. The molecule has 1 aliphatic rings. The van der Waals surface area contributed by atoms with E-state index in [0.717, 1.165) is 56.9 Å². The number of anilines is 1. The molecule has 4 heteroatoms. The van der Waals surface area contributed by atoms with E-state index in [2.05, 4.69) is 67.0 Å². The van der Waals surface area contributed by atoms with Crippen LogP contribution in [0.25, 0.3) is 0 Å². The molecule has 31 heavy (non-hydrogen) atoms. The molecule has 4 nitrogen and oxygen atoms in total. The van der Waals surface area contributed by atoms with Crippen molar-refractivity contribution in [3.63, 3.8) is 0 Å². The summed E-state index contributed by atoms with van der Waals surface area (Å²) in [4.78, 5) is 17.2. The molecule has 1 fully saturated rings. The molecule has 1 heterocycles. The van der Waals surface area contributed by atoms with Crippen LogP contribution >= 0.6 is 0 Å². The molecule has 0 spiro atoms. The predicted molar refractivity (Wildman–Crippen MR) is 129 cm³/mol. The van der Waals surface area contributed by atoms with Gasteiger partial charge in [0.15, 0.2) is 5.78 Å². The van der Waals surface area contributed by atoms with Gasteiger partial charge in [-0.05, 0) is 36.5 Å². The van der Waals surface area contributed by atoms with E-state index in [0.29, 0.717) is 12.3 Å². The van der Waals surface area contributed by atoms with Gasteiger partial charge in [0.1, 0.15) is 0 Å². The minimum absolute atomic E-state index is 0.110. The summed E-state index contributed by atoms with van der Waals surface area (Å²) < 4.78 is 6.33. The van der Waals surface area contributed by atoms with Gasteiger partial charge >= 0.3 is 0 Å².